The summed E-state index contributed by atoms with van der Waals surface area (Å²) in [4.78, 5) is 14.8. The minimum Gasteiger partial charge on any atom is -0.492 e. The van der Waals surface area contributed by atoms with Crippen molar-refractivity contribution in [2.75, 3.05) is 32.8 Å². The first kappa shape index (κ1) is 15.3. The van der Waals surface area contributed by atoms with E-state index in [-0.39, 0.29) is 11.8 Å². The SMILES string of the molecule is O=C(NCCN1CCCCCC1)C1COc2ccccc2C1. The number of rotatable bonds is 4. The zero-order valence-corrected chi connectivity index (χ0v) is 13.2. The quantitative estimate of drug-likeness (QED) is 0.927. The van der Waals surface area contributed by atoms with Crippen LogP contribution in [0.3, 0.4) is 0 Å². The van der Waals surface area contributed by atoms with E-state index < -0.39 is 0 Å². The molecule has 1 N–H and O–H groups in total. The lowest BCUT2D eigenvalue weighted by molar-refractivity contribution is -0.126. The van der Waals surface area contributed by atoms with Gasteiger partial charge in [-0.15, -0.1) is 0 Å². The van der Waals surface area contributed by atoms with Crippen LogP contribution in [0.4, 0.5) is 0 Å². The molecule has 0 spiro atoms. The van der Waals surface area contributed by atoms with Crippen LogP contribution < -0.4 is 10.1 Å². The van der Waals surface area contributed by atoms with Crippen molar-refractivity contribution >= 4 is 5.91 Å². The van der Waals surface area contributed by atoms with Gasteiger partial charge in [-0.05, 0) is 44.0 Å². The molecule has 0 saturated carbocycles. The normalized spacial score (nSPS) is 22.3. The first-order valence-corrected chi connectivity index (χ1v) is 8.54. The molecule has 0 aromatic heterocycles. The smallest absolute Gasteiger partial charge is 0.226 e. The summed E-state index contributed by atoms with van der Waals surface area (Å²) in [5.74, 6) is 1.000. The van der Waals surface area contributed by atoms with Gasteiger partial charge in [-0.1, -0.05) is 31.0 Å². The van der Waals surface area contributed by atoms with Gasteiger partial charge >= 0.3 is 0 Å². The van der Waals surface area contributed by atoms with Gasteiger partial charge in [0, 0.05) is 13.1 Å². The molecule has 0 radical (unpaired) electrons. The van der Waals surface area contributed by atoms with Crippen LogP contribution in [0.1, 0.15) is 31.2 Å². The number of benzene rings is 1. The third-order valence-electron chi connectivity index (χ3n) is 4.68. The van der Waals surface area contributed by atoms with Gasteiger partial charge in [0.15, 0.2) is 0 Å². The summed E-state index contributed by atoms with van der Waals surface area (Å²) in [5.41, 5.74) is 1.14. The maximum absolute atomic E-state index is 12.3. The van der Waals surface area contributed by atoms with Gasteiger partial charge in [0.25, 0.3) is 0 Å². The Kier molecular flexibility index (Phi) is 5.33. The Labute approximate surface area is 132 Å². The average molecular weight is 302 g/mol. The Morgan fingerprint density at radius 3 is 2.77 bits per heavy atom. The number of likely N-dealkylation sites (tertiary alicyclic amines) is 1. The summed E-state index contributed by atoms with van der Waals surface area (Å²) in [6.45, 7) is 4.56. The molecule has 120 valence electrons. The summed E-state index contributed by atoms with van der Waals surface area (Å²) in [6, 6.07) is 8.00. The van der Waals surface area contributed by atoms with E-state index >= 15 is 0 Å². The molecule has 1 fully saturated rings. The Hall–Kier alpha value is -1.55. The minimum atomic E-state index is -0.0565. The minimum absolute atomic E-state index is 0.0565. The third kappa shape index (κ3) is 4.01. The van der Waals surface area contributed by atoms with Crippen molar-refractivity contribution < 1.29 is 9.53 Å². The lowest BCUT2D eigenvalue weighted by atomic mass is 9.96. The van der Waals surface area contributed by atoms with E-state index in [4.69, 9.17) is 4.74 Å². The molecule has 1 atom stereocenters. The molecule has 1 amide bonds. The second kappa shape index (κ2) is 7.63. The van der Waals surface area contributed by atoms with Crippen LogP contribution in [0.15, 0.2) is 24.3 Å². The van der Waals surface area contributed by atoms with Gasteiger partial charge in [-0.3, -0.25) is 4.79 Å². The van der Waals surface area contributed by atoms with E-state index in [1.807, 2.05) is 24.3 Å². The third-order valence-corrected chi connectivity index (χ3v) is 4.68. The number of nitrogens with zero attached hydrogens (tertiary/aromatic N) is 1. The Morgan fingerprint density at radius 2 is 1.95 bits per heavy atom. The highest BCUT2D eigenvalue weighted by molar-refractivity contribution is 5.79. The number of carbonyl (C=O) groups excluding carboxylic acids is 1. The van der Waals surface area contributed by atoms with Gasteiger partial charge in [-0.2, -0.15) is 0 Å². The highest BCUT2D eigenvalue weighted by Gasteiger charge is 2.25. The molecule has 1 aromatic carbocycles. The van der Waals surface area contributed by atoms with Crippen molar-refractivity contribution in [3.63, 3.8) is 0 Å². The Balaban J connectivity index is 1.43. The number of hydrogen-bond donors (Lipinski definition) is 1. The molecule has 0 aliphatic carbocycles. The Morgan fingerprint density at radius 1 is 1.18 bits per heavy atom. The van der Waals surface area contributed by atoms with E-state index in [2.05, 4.69) is 10.2 Å². The fraction of sp³-hybridized carbons (Fsp3) is 0.611. The molecular formula is C18H26N2O2. The predicted molar refractivity (Wildman–Crippen MR) is 87.0 cm³/mol. The molecule has 4 heteroatoms. The van der Waals surface area contributed by atoms with Crippen molar-refractivity contribution in [3.8, 4) is 5.75 Å². The zero-order valence-electron chi connectivity index (χ0n) is 13.2. The molecular weight excluding hydrogens is 276 g/mol. The lowest BCUT2D eigenvalue weighted by Gasteiger charge is -2.25. The van der Waals surface area contributed by atoms with Crippen molar-refractivity contribution in [1.82, 2.24) is 10.2 Å². The van der Waals surface area contributed by atoms with Crippen molar-refractivity contribution in [2.24, 2.45) is 5.92 Å². The molecule has 1 unspecified atom stereocenters. The lowest BCUT2D eigenvalue weighted by Crippen LogP contribution is -2.41. The topological polar surface area (TPSA) is 41.6 Å². The van der Waals surface area contributed by atoms with E-state index in [0.29, 0.717) is 6.61 Å². The Bertz CT molecular complexity index is 496. The number of para-hydroxylation sites is 1. The molecule has 4 nitrogen and oxygen atoms in total. The molecule has 2 aliphatic rings. The monoisotopic (exact) mass is 302 g/mol. The fourth-order valence-corrected chi connectivity index (χ4v) is 3.34. The highest BCUT2D eigenvalue weighted by atomic mass is 16.5. The maximum Gasteiger partial charge on any atom is 0.226 e. The van der Waals surface area contributed by atoms with Gasteiger partial charge < -0.3 is 15.0 Å². The van der Waals surface area contributed by atoms with Crippen molar-refractivity contribution in [2.45, 2.75) is 32.1 Å². The first-order chi connectivity index (χ1) is 10.8. The maximum atomic E-state index is 12.3. The highest BCUT2D eigenvalue weighted by Crippen LogP contribution is 2.26. The second-order valence-corrected chi connectivity index (χ2v) is 6.37. The van der Waals surface area contributed by atoms with Crippen molar-refractivity contribution in [3.05, 3.63) is 29.8 Å². The van der Waals surface area contributed by atoms with Gasteiger partial charge in [0.05, 0.1) is 5.92 Å². The van der Waals surface area contributed by atoms with E-state index in [1.54, 1.807) is 0 Å². The molecule has 22 heavy (non-hydrogen) atoms. The van der Waals surface area contributed by atoms with E-state index in [0.717, 1.165) is 30.8 Å². The van der Waals surface area contributed by atoms with Crippen LogP contribution >= 0.6 is 0 Å². The van der Waals surface area contributed by atoms with Gasteiger partial charge in [0.2, 0.25) is 5.91 Å². The van der Waals surface area contributed by atoms with Crippen LogP contribution in [-0.2, 0) is 11.2 Å². The summed E-state index contributed by atoms with van der Waals surface area (Å²) < 4.78 is 5.70. The van der Waals surface area contributed by atoms with E-state index in [1.165, 1.54) is 38.8 Å². The number of ether oxygens (including phenoxy) is 1. The van der Waals surface area contributed by atoms with E-state index in [9.17, 15) is 4.79 Å². The number of nitrogens with one attached hydrogen (secondary N) is 1. The number of amides is 1. The largest absolute Gasteiger partial charge is 0.492 e. The summed E-state index contributed by atoms with van der Waals surface area (Å²) in [6.07, 6.45) is 6.07. The average Bonchev–Trinajstić information content (AvgIpc) is 2.83. The molecule has 1 saturated heterocycles. The summed E-state index contributed by atoms with van der Waals surface area (Å²) >= 11 is 0. The molecule has 2 heterocycles. The van der Waals surface area contributed by atoms with Crippen molar-refractivity contribution in [1.29, 1.82) is 0 Å². The standard InChI is InChI=1S/C18H26N2O2/c21-18(19-9-12-20-10-5-1-2-6-11-20)16-13-15-7-3-4-8-17(15)22-14-16/h3-4,7-8,16H,1-2,5-6,9-14H2,(H,19,21). The van der Waals surface area contributed by atoms with Crippen LogP contribution in [0, 0.1) is 5.92 Å². The molecule has 1 aromatic rings. The van der Waals surface area contributed by atoms with Gasteiger partial charge in [-0.25, -0.2) is 0 Å². The van der Waals surface area contributed by atoms with Crippen LogP contribution in [0.2, 0.25) is 0 Å². The van der Waals surface area contributed by atoms with Crippen LogP contribution in [-0.4, -0.2) is 43.6 Å². The fourth-order valence-electron chi connectivity index (χ4n) is 3.34. The summed E-state index contributed by atoms with van der Waals surface area (Å²) in [5, 5.41) is 3.09. The summed E-state index contributed by atoms with van der Waals surface area (Å²) in [7, 11) is 0. The number of carbonyl (C=O) groups is 1. The molecule has 3 rings (SSSR count). The second-order valence-electron chi connectivity index (χ2n) is 6.37. The number of fused-ring (bicyclic) bond motifs is 1. The predicted octanol–water partition coefficient (Wildman–Crippen LogP) is 2.23. The molecule has 0 bridgehead atoms. The first-order valence-electron chi connectivity index (χ1n) is 8.54. The zero-order chi connectivity index (χ0) is 15.2. The molecule has 2 aliphatic heterocycles. The number of hydrogen-bond acceptors (Lipinski definition) is 3. The van der Waals surface area contributed by atoms with Crippen LogP contribution in [0.5, 0.6) is 5.75 Å². The van der Waals surface area contributed by atoms with Gasteiger partial charge in [0.1, 0.15) is 12.4 Å². The van der Waals surface area contributed by atoms with Crippen LogP contribution in [0.25, 0.3) is 0 Å².